The average Bonchev–Trinajstić information content (AvgIpc) is 3.17. The number of benzene rings is 2. The predicted octanol–water partition coefficient (Wildman–Crippen LogP) is 7.64. The minimum atomic E-state index is -0.547. The van der Waals surface area contributed by atoms with Crippen molar-refractivity contribution in [3.8, 4) is 34.3 Å². The molecule has 0 aliphatic carbocycles. The summed E-state index contributed by atoms with van der Waals surface area (Å²) in [6, 6.07) is 6.20. The van der Waals surface area contributed by atoms with Crippen LogP contribution in [0.25, 0.3) is 28.4 Å². The van der Waals surface area contributed by atoms with Crippen LogP contribution in [-0.4, -0.2) is 20.9 Å². The number of hydrogen-bond donors (Lipinski definition) is 3. The minimum absolute atomic E-state index is 0.0551. The Labute approximate surface area is 200 Å². The van der Waals surface area contributed by atoms with Gasteiger partial charge in [-0.1, -0.05) is 29.4 Å². The number of fused-ring (bicyclic) bond motifs is 3. The molecule has 0 amide bonds. The summed E-state index contributed by atoms with van der Waals surface area (Å²) in [5.74, 6) is 0.892. The van der Waals surface area contributed by atoms with Crippen molar-refractivity contribution in [3.05, 3.63) is 64.8 Å². The van der Waals surface area contributed by atoms with Crippen molar-refractivity contribution < 1.29 is 24.5 Å². The second kappa shape index (κ2) is 8.98. The molecular weight excluding hydrogens is 428 g/mol. The third-order valence-electron chi connectivity index (χ3n) is 5.99. The van der Waals surface area contributed by atoms with Gasteiger partial charge in [-0.15, -0.1) is 0 Å². The van der Waals surface area contributed by atoms with Crippen molar-refractivity contribution in [2.24, 2.45) is 0 Å². The Morgan fingerprint density at radius 2 is 1.68 bits per heavy atom. The van der Waals surface area contributed by atoms with E-state index in [1.54, 1.807) is 0 Å². The van der Waals surface area contributed by atoms with Crippen molar-refractivity contribution in [2.75, 3.05) is 0 Å². The molecule has 0 saturated heterocycles. The maximum Gasteiger partial charge on any atom is 0.170 e. The van der Waals surface area contributed by atoms with E-state index >= 15 is 0 Å². The lowest BCUT2D eigenvalue weighted by Gasteiger charge is -2.29. The molecule has 0 unspecified atom stereocenters. The highest BCUT2D eigenvalue weighted by atomic mass is 16.5. The first-order valence-electron chi connectivity index (χ1n) is 11.6. The summed E-state index contributed by atoms with van der Waals surface area (Å²) in [5, 5.41) is 32.0. The molecule has 0 radical (unpaired) electrons. The van der Waals surface area contributed by atoms with E-state index in [1.165, 1.54) is 29.3 Å². The lowest BCUT2D eigenvalue weighted by Crippen LogP contribution is -2.27. The summed E-state index contributed by atoms with van der Waals surface area (Å²) in [4.78, 5) is 0. The second-order valence-corrected chi connectivity index (χ2v) is 9.78. The number of furan rings is 1. The second-order valence-electron chi connectivity index (χ2n) is 9.78. The van der Waals surface area contributed by atoms with E-state index in [2.05, 4.69) is 32.9 Å². The highest BCUT2D eigenvalue weighted by Crippen LogP contribution is 2.48. The molecule has 3 N–H and O–H groups in total. The standard InChI is InChI=1S/C29H32O5/c1-17(2)7-6-8-18(3)9-10-23-26(32)28-22(11-12-29(4,5)34-28)24-16-25(33-27(23)24)19-13-20(30)15-21(31)14-19/h7,9,11-16,30-32H,6,8,10H2,1-5H3. The van der Waals surface area contributed by atoms with Crippen LogP contribution in [0.4, 0.5) is 0 Å². The highest BCUT2D eigenvalue weighted by Gasteiger charge is 2.29. The normalized spacial score (nSPS) is 14.7. The van der Waals surface area contributed by atoms with Gasteiger partial charge in [0.1, 0.15) is 28.4 Å². The van der Waals surface area contributed by atoms with Crippen LogP contribution >= 0.6 is 0 Å². The predicted molar refractivity (Wildman–Crippen MR) is 137 cm³/mol. The van der Waals surface area contributed by atoms with Crippen LogP contribution in [-0.2, 0) is 6.42 Å². The number of phenolic OH excluding ortho intramolecular Hbond substituents is 3. The molecular formula is C29H32O5. The van der Waals surface area contributed by atoms with Crippen LogP contribution < -0.4 is 4.74 Å². The van der Waals surface area contributed by atoms with Gasteiger partial charge in [0.2, 0.25) is 0 Å². The third kappa shape index (κ3) is 4.84. The van der Waals surface area contributed by atoms with Crippen LogP contribution in [0.15, 0.2) is 58.1 Å². The Balaban J connectivity index is 1.84. The Morgan fingerprint density at radius 1 is 0.971 bits per heavy atom. The van der Waals surface area contributed by atoms with Crippen LogP contribution in [0.5, 0.6) is 23.0 Å². The van der Waals surface area contributed by atoms with Crippen LogP contribution in [0, 0.1) is 0 Å². The van der Waals surface area contributed by atoms with Gasteiger partial charge in [-0.25, -0.2) is 0 Å². The SMILES string of the molecule is CC(C)=CCCC(C)=CCc1c(O)c2c(c3cc(-c4cc(O)cc(O)c4)oc13)C=CC(C)(C)O2. The average molecular weight is 461 g/mol. The number of hydrogen-bond acceptors (Lipinski definition) is 5. The summed E-state index contributed by atoms with van der Waals surface area (Å²) >= 11 is 0. The molecule has 0 fully saturated rings. The lowest BCUT2D eigenvalue weighted by atomic mass is 9.95. The van der Waals surface area contributed by atoms with E-state index in [0.29, 0.717) is 34.6 Å². The zero-order valence-corrected chi connectivity index (χ0v) is 20.4. The molecule has 0 bridgehead atoms. The number of allylic oxidation sites excluding steroid dienone is 4. The van der Waals surface area contributed by atoms with E-state index in [9.17, 15) is 15.3 Å². The lowest BCUT2D eigenvalue weighted by molar-refractivity contribution is 0.153. The number of ether oxygens (including phenoxy) is 1. The molecule has 0 spiro atoms. The Morgan fingerprint density at radius 3 is 2.35 bits per heavy atom. The van der Waals surface area contributed by atoms with Gasteiger partial charge in [0.05, 0.1) is 0 Å². The molecule has 1 aliphatic rings. The first-order chi connectivity index (χ1) is 16.0. The quantitative estimate of drug-likeness (QED) is 0.329. The van der Waals surface area contributed by atoms with Gasteiger partial charge < -0.3 is 24.5 Å². The molecule has 3 aromatic rings. The molecule has 2 heterocycles. The molecule has 1 aromatic heterocycles. The molecule has 34 heavy (non-hydrogen) atoms. The molecule has 5 heteroatoms. The molecule has 1 aliphatic heterocycles. The molecule has 0 atom stereocenters. The van der Waals surface area contributed by atoms with E-state index in [4.69, 9.17) is 9.15 Å². The van der Waals surface area contributed by atoms with Gasteiger partial charge in [0.15, 0.2) is 11.5 Å². The van der Waals surface area contributed by atoms with Crippen molar-refractivity contribution in [1.29, 1.82) is 0 Å². The first-order valence-corrected chi connectivity index (χ1v) is 11.6. The monoisotopic (exact) mass is 460 g/mol. The third-order valence-corrected chi connectivity index (χ3v) is 5.99. The Hall–Kier alpha value is -3.60. The van der Waals surface area contributed by atoms with Crippen LogP contribution in [0.3, 0.4) is 0 Å². The van der Waals surface area contributed by atoms with Crippen molar-refractivity contribution in [2.45, 2.75) is 59.5 Å². The Bertz CT molecular complexity index is 1310. The van der Waals surface area contributed by atoms with E-state index in [-0.39, 0.29) is 17.2 Å². The summed E-state index contributed by atoms with van der Waals surface area (Å²) in [7, 11) is 0. The van der Waals surface area contributed by atoms with Gasteiger partial charge in [0.25, 0.3) is 0 Å². The number of aromatic hydroxyl groups is 3. The fourth-order valence-electron chi connectivity index (χ4n) is 4.20. The summed E-state index contributed by atoms with van der Waals surface area (Å²) in [6.45, 7) is 10.2. The van der Waals surface area contributed by atoms with Crippen LogP contribution in [0.2, 0.25) is 0 Å². The maximum atomic E-state index is 11.3. The summed E-state index contributed by atoms with van der Waals surface area (Å²) < 4.78 is 12.4. The fraction of sp³-hybridized carbons (Fsp3) is 0.310. The molecule has 4 rings (SSSR count). The maximum absolute atomic E-state index is 11.3. The van der Waals surface area contributed by atoms with Gasteiger partial charge in [0, 0.05) is 28.1 Å². The fourth-order valence-corrected chi connectivity index (χ4v) is 4.20. The van der Waals surface area contributed by atoms with Crippen molar-refractivity contribution in [3.63, 3.8) is 0 Å². The largest absolute Gasteiger partial charge is 0.508 e. The van der Waals surface area contributed by atoms with Crippen LogP contribution in [0.1, 0.15) is 58.6 Å². The van der Waals surface area contributed by atoms with E-state index < -0.39 is 5.60 Å². The number of phenols is 3. The Kier molecular flexibility index (Phi) is 6.22. The van der Waals surface area contributed by atoms with Crippen molar-refractivity contribution >= 4 is 17.0 Å². The highest BCUT2D eigenvalue weighted by molar-refractivity contribution is 5.98. The smallest absolute Gasteiger partial charge is 0.170 e. The first kappa shape index (κ1) is 23.6. The topological polar surface area (TPSA) is 83.1 Å². The van der Waals surface area contributed by atoms with Crippen molar-refractivity contribution in [1.82, 2.24) is 0 Å². The van der Waals surface area contributed by atoms with E-state index in [0.717, 1.165) is 23.8 Å². The van der Waals surface area contributed by atoms with Gasteiger partial charge >= 0.3 is 0 Å². The van der Waals surface area contributed by atoms with Gasteiger partial charge in [-0.2, -0.15) is 0 Å². The zero-order chi connectivity index (χ0) is 24.6. The number of rotatable bonds is 6. The molecule has 5 nitrogen and oxygen atoms in total. The molecule has 178 valence electrons. The summed E-state index contributed by atoms with van der Waals surface area (Å²) in [5.41, 5.74) is 4.49. The van der Waals surface area contributed by atoms with Gasteiger partial charge in [-0.3, -0.25) is 0 Å². The van der Waals surface area contributed by atoms with E-state index in [1.807, 2.05) is 32.1 Å². The zero-order valence-electron chi connectivity index (χ0n) is 20.4. The molecule has 2 aromatic carbocycles. The minimum Gasteiger partial charge on any atom is -0.508 e. The summed E-state index contributed by atoms with van der Waals surface area (Å²) in [6.07, 6.45) is 10.6. The van der Waals surface area contributed by atoms with Gasteiger partial charge in [-0.05, 0) is 78.2 Å². The molecule has 0 saturated carbocycles.